The van der Waals surface area contributed by atoms with E-state index in [4.69, 9.17) is 4.74 Å². The molecule has 0 amide bonds. The second kappa shape index (κ2) is 3.46. The van der Waals surface area contributed by atoms with Gasteiger partial charge in [0, 0.05) is 0 Å². The summed E-state index contributed by atoms with van der Waals surface area (Å²) < 4.78 is 5.42. The minimum absolute atomic E-state index is 0.0473. The van der Waals surface area contributed by atoms with Gasteiger partial charge >= 0.3 is 0 Å². The maximum absolute atomic E-state index is 9.65. The van der Waals surface area contributed by atoms with E-state index < -0.39 is 0 Å². The largest absolute Gasteiger partial charge is 0.509 e. The summed E-state index contributed by atoms with van der Waals surface area (Å²) in [6.45, 7) is 3.78. The Labute approximate surface area is 83.8 Å². The molecule has 1 aliphatic rings. The van der Waals surface area contributed by atoms with Crippen LogP contribution in [0.4, 0.5) is 0 Å². The zero-order chi connectivity index (χ0) is 10.1. The molecule has 2 nitrogen and oxygen atoms in total. The molecule has 1 aromatic carbocycles. The van der Waals surface area contributed by atoms with Gasteiger partial charge in [-0.15, -0.1) is 0 Å². The molecule has 2 rings (SSSR count). The van der Waals surface area contributed by atoms with Crippen molar-refractivity contribution in [1.82, 2.24) is 0 Å². The highest BCUT2D eigenvalue weighted by Crippen LogP contribution is 2.42. The fourth-order valence-corrected chi connectivity index (χ4v) is 1.50. The Morgan fingerprint density at radius 2 is 1.86 bits per heavy atom. The fraction of sp³-hybridized carbons (Fsp3) is 0.333. The highest BCUT2D eigenvalue weighted by Gasteiger charge is 2.43. The van der Waals surface area contributed by atoms with E-state index in [9.17, 15) is 5.11 Å². The molecule has 1 aliphatic heterocycles. The quantitative estimate of drug-likeness (QED) is 0.574. The molecular weight excluding hydrogens is 176 g/mol. The molecule has 1 N–H and O–H groups in total. The van der Waals surface area contributed by atoms with Crippen LogP contribution in [0.15, 0.2) is 41.7 Å². The summed E-state index contributed by atoms with van der Waals surface area (Å²) in [7, 11) is 0. The lowest BCUT2D eigenvalue weighted by Crippen LogP contribution is -1.95. The second-order valence-corrected chi connectivity index (χ2v) is 3.77. The van der Waals surface area contributed by atoms with Crippen molar-refractivity contribution in [3.63, 3.8) is 0 Å². The number of ether oxygens (including phenoxy) is 1. The predicted octanol–water partition coefficient (Wildman–Crippen LogP) is 2.98. The molecule has 74 valence electrons. The third kappa shape index (κ3) is 1.66. The Kier molecular flexibility index (Phi) is 2.30. The first kappa shape index (κ1) is 9.28. The Morgan fingerprint density at radius 3 is 2.43 bits per heavy atom. The van der Waals surface area contributed by atoms with Gasteiger partial charge < -0.3 is 9.84 Å². The first-order valence-electron chi connectivity index (χ1n) is 4.77. The monoisotopic (exact) mass is 190 g/mol. The Balaban J connectivity index is 2.11. The van der Waals surface area contributed by atoms with E-state index in [1.54, 1.807) is 0 Å². The van der Waals surface area contributed by atoms with E-state index in [0.717, 1.165) is 11.1 Å². The van der Waals surface area contributed by atoms with Gasteiger partial charge in [0.1, 0.15) is 18.0 Å². The van der Waals surface area contributed by atoms with E-state index in [1.165, 1.54) is 0 Å². The maximum Gasteiger partial charge on any atom is 0.145 e. The molecule has 0 bridgehead atoms. The van der Waals surface area contributed by atoms with Crippen molar-refractivity contribution in [3.05, 3.63) is 47.2 Å². The number of benzene rings is 1. The summed E-state index contributed by atoms with van der Waals surface area (Å²) in [5, 5.41) is 9.65. The molecule has 2 unspecified atom stereocenters. The van der Waals surface area contributed by atoms with Crippen molar-refractivity contribution in [2.45, 2.75) is 26.1 Å². The number of aliphatic hydroxyl groups excluding tert-OH is 1. The van der Waals surface area contributed by atoms with E-state index in [-0.39, 0.29) is 12.2 Å². The summed E-state index contributed by atoms with van der Waals surface area (Å²) >= 11 is 0. The lowest BCUT2D eigenvalue weighted by Gasteiger charge is -1.97. The van der Waals surface area contributed by atoms with Gasteiger partial charge in [-0.05, 0) is 25.0 Å². The zero-order valence-electron chi connectivity index (χ0n) is 8.40. The van der Waals surface area contributed by atoms with Crippen molar-refractivity contribution >= 4 is 0 Å². The number of hydrogen-bond donors (Lipinski definition) is 1. The van der Waals surface area contributed by atoms with Gasteiger partial charge in [-0.1, -0.05) is 30.3 Å². The third-order valence-corrected chi connectivity index (χ3v) is 2.40. The zero-order valence-corrected chi connectivity index (χ0v) is 8.40. The van der Waals surface area contributed by atoms with Crippen LogP contribution in [0.3, 0.4) is 0 Å². The molecule has 0 aromatic heterocycles. The molecule has 0 spiro atoms. The smallest absolute Gasteiger partial charge is 0.145 e. The molecule has 1 aromatic rings. The number of epoxide rings is 1. The van der Waals surface area contributed by atoms with E-state index >= 15 is 0 Å². The summed E-state index contributed by atoms with van der Waals surface area (Å²) in [6.07, 6.45) is -0.0755. The van der Waals surface area contributed by atoms with Crippen LogP contribution in [0.1, 0.15) is 25.5 Å². The van der Waals surface area contributed by atoms with Crippen molar-refractivity contribution < 1.29 is 9.84 Å². The lowest BCUT2D eigenvalue weighted by molar-refractivity contribution is 0.313. The summed E-state index contributed by atoms with van der Waals surface area (Å²) in [5.74, 6) is 0.374. The van der Waals surface area contributed by atoms with Gasteiger partial charge in [-0.25, -0.2) is 0 Å². The average Bonchev–Trinajstić information content (AvgIpc) is 2.97. The van der Waals surface area contributed by atoms with Crippen molar-refractivity contribution in [3.8, 4) is 0 Å². The molecule has 1 fully saturated rings. The van der Waals surface area contributed by atoms with Gasteiger partial charge in [0.2, 0.25) is 0 Å². The summed E-state index contributed by atoms with van der Waals surface area (Å²) in [6, 6.07) is 9.97. The molecule has 2 atom stereocenters. The molecule has 1 heterocycles. The van der Waals surface area contributed by atoms with Crippen LogP contribution in [-0.4, -0.2) is 11.2 Å². The van der Waals surface area contributed by atoms with Crippen LogP contribution in [0, 0.1) is 0 Å². The van der Waals surface area contributed by atoms with Crippen molar-refractivity contribution in [1.29, 1.82) is 0 Å². The highest BCUT2D eigenvalue weighted by molar-refractivity contribution is 5.27. The van der Waals surface area contributed by atoms with Crippen LogP contribution < -0.4 is 0 Å². The van der Waals surface area contributed by atoms with Crippen molar-refractivity contribution in [2.75, 3.05) is 0 Å². The highest BCUT2D eigenvalue weighted by atomic mass is 16.6. The van der Waals surface area contributed by atoms with Crippen LogP contribution in [0.25, 0.3) is 0 Å². The molecular formula is C12H14O2. The van der Waals surface area contributed by atoms with Gasteiger partial charge in [0.05, 0.1) is 0 Å². The lowest BCUT2D eigenvalue weighted by atomic mass is 10.1. The molecule has 14 heavy (non-hydrogen) atoms. The first-order chi connectivity index (χ1) is 6.70. The summed E-state index contributed by atoms with van der Waals surface area (Å²) in [4.78, 5) is 0. The van der Waals surface area contributed by atoms with Crippen molar-refractivity contribution in [2.24, 2.45) is 0 Å². The molecule has 0 aliphatic carbocycles. The van der Waals surface area contributed by atoms with Crippen LogP contribution >= 0.6 is 0 Å². The molecule has 0 radical (unpaired) electrons. The minimum Gasteiger partial charge on any atom is -0.509 e. The number of rotatable bonds is 2. The van der Waals surface area contributed by atoms with Gasteiger partial charge in [0.15, 0.2) is 0 Å². The average molecular weight is 190 g/mol. The molecule has 0 saturated carbocycles. The van der Waals surface area contributed by atoms with Gasteiger partial charge in [-0.3, -0.25) is 0 Å². The fourth-order valence-electron chi connectivity index (χ4n) is 1.50. The van der Waals surface area contributed by atoms with Gasteiger partial charge in [0.25, 0.3) is 0 Å². The maximum atomic E-state index is 9.65. The molecule has 2 heteroatoms. The minimum atomic E-state index is -0.123. The Morgan fingerprint density at radius 1 is 1.21 bits per heavy atom. The predicted molar refractivity (Wildman–Crippen MR) is 55.1 cm³/mol. The second-order valence-electron chi connectivity index (χ2n) is 3.77. The molecule has 1 saturated heterocycles. The normalized spacial score (nSPS) is 24.4. The number of hydrogen-bond acceptors (Lipinski definition) is 2. The van der Waals surface area contributed by atoms with E-state index in [2.05, 4.69) is 0 Å². The van der Waals surface area contributed by atoms with E-state index in [0.29, 0.717) is 5.76 Å². The number of allylic oxidation sites excluding steroid dienone is 1. The Bertz CT molecular complexity index is 350. The Hall–Kier alpha value is -1.28. The third-order valence-electron chi connectivity index (χ3n) is 2.40. The van der Waals surface area contributed by atoms with Crippen LogP contribution in [-0.2, 0) is 4.74 Å². The van der Waals surface area contributed by atoms with Crippen LogP contribution in [0.5, 0.6) is 0 Å². The van der Waals surface area contributed by atoms with Gasteiger partial charge in [-0.2, -0.15) is 0 Å². The first-order valence-corrected chi connectivity index (χ1v) is 4.77. The van der Waals surface area contributed by atoms with E-state index in [1.807, 2.05) is 44.2 Å². The number of aliphatic hydroxyl groups is 1. The van der Waals surface area contributed by atoms with Crippen LogP contribution in [0.2, 0.25) is 0 Å². The SMILES string of the molecule is CC(C)=C(O)C1OC1c1ccccc1. The topological polar surface area (TPSA) is 32.8 Å². The standard InChI is InChI=1S/C12H14O2/c1-8(2)10(13)12-11(14-12)9-6-4-3-5-7-9/h3-7,11-13H,1-2H3. The summed E-state index contributed by atoms with van der Waals surface area (Å²) in [5.41, 5.74) is 2.05.